The molecule has 0 atom stereocenters. The molecule has 0 saturated carbocycles. The molecule has 0 heterocycles. The molecule has 0 aliphatic carbocycles. The SMILES string of the molecule is CCCCN(CC)CCCC(=O)Nc1ccc(N)cc1Cl. The zero-order valence-electron chi connectivity index (χ0n) is 13.0. The molecule has 0 aliphatic rings. The fraction of sp³-hybridized carbons (Fsp3) is 0.562. The summed E-state index contributed by atoms with van der Waals surface area (Å²) in [7, 11) is 0. The Balaban J connectivity index is 2.33. The summed E-state index contributed by atoms with van der Waals surface area (Å²) < 4.78 is 0. The van der Waals surface area contributed by atoms with Crippen molar-refractivity contribution in [3.8, 4) is 0 Å². The number of carbonyl (C=O) groups excluding carboxylic acids is 1. The largest absolute Gasteiger partial charge is 0.399 e. The van der Waals surface area contributed by atoms with Gasteiger partial charge in [0.1, 0.15) is 0 Å². The highest BCUT2D eigenvalue weighted by Crippen LogP contribution is 2.24. The van der Waals surface area contributed by atoms with Crippen LogP contribution in [0.1, 0.15) is 39.5 Å². The smallest absolute Gasteiger partial charge is 0.224 e. The molecule has 0 aliphatic heterocycles. The molecule has 0 unspecified atom stereocenters. The average molecular weight is 312 g/mol. The molecule has 0 fully saturated rings. The van der Waals surface area contributed by atoms with Crippen LogP contribution in [0.25, 0.3) is 0 Å². The molecule has 0 radical (unpaired) electrons. The van der Waals surface area contributed by atoms with Crippen LogP contribution in [0.2, 0.25) is 5.02 Å². The maximum absolute atomic E-state index is 11.9. The van der Waals surface area contributed by atoms with Crippen molar-refractivity contribution in [2.24, 2.45) is 0 Å². The molecule has 21 heavy (non-hydrogen) atoms. The van der Waals surface area contributed by atoms with Gasteiger partial charge in [-0.25, -0.2) is 0 Å². The van der Waals surface area contributed by atoms with E-state index in [0.29, 0.717) is 22.8 Å². The normalized spacial score (nSPS) is 10.9. The Bertz CT molecular complexity index is 451. The van der Waals surface area contributed by atoms with Crippen LogP contribution in [0.4, 0.5) is 11.4 Å². The summed E-state index contributed by atoms with van der Waals surface area (Å²) in [5, 5.41) is 3.30. The minimum absolute atomic E-state index is 0.00628. The molecular weight excluding hydrogens is 286 g/mol. The van der Waals surface area contributed by atoms with Crippen LogP contribution >= 0.6 is 11.6 Å². The number of nitrogens with two attached hydrogens (primary N) is 1. The predicted molar refractivity (Wildman–Crippen MR) is 90.8 cm³/mol. The highest BCUT2D eigenvalue weighted by Gasteiger charge is 2.07. The molecule has 0 saturated heterocycles. The molecule has 1 aromatic carbocycles. The number of nitrogen functional groups attached to an aromatic ring is 1. The van der Waals surface area contributed by atoms with Gasteiger partial charge in [0.05, 0.1) is 10.7 Å². The van der Waals surface area contributed by atoms with Gasteiger partial charge in [0.2, 0.25) is 5.91 Å². The lowest BCUT2D eigenvalue weighted by atomic mass is 10.2. The number of carbonyl (C=O) groups is 1. The van der Waals surface area contributed by atoms with E-state index in [-0.39, 0.29) is 5.91 Å². The van der Waals surface area contributed by atoms with Gasteiger partial charge < -0.3 is 16.0 Å². The number of nitrogens with one attached hydrogen (secondary N) is 1. The van der Waals surface area contributed by atoms with Crippen LogP contribution < -0.4 is 11.1 Å². The first-order chi connectivity index (χ1) is 10.1. The van der Waals surface area contributed by atoms with Crippen molar-refractivity contribution in [1.82, 2.24) is 4.90 Å². The van der Waals surface area contributed by atoms with Crippen molar-refractivity contribution in [3.63, 3.8) is 0 Å². The highest BCUT2D eigenvalue weighted by atomic mass is 35.5. The number of nitrogens with zero attached hydrogens (tertiary/aromatic N) is 1. The molecule has 1 aromatic rings. The maximum atomic E-state index is 11.9. The summed E-state index contributed by atoms with van der Waals surface area (Å²) in [6.45, 7) is 7.45. The van der Waals surface area contributed by atoms with E-state index in [1.165, 1.54) is 12.8 Å². The fourth-order valence-corrected chi connectivity index (χ4v) is 2.35. The molecule has 118 valence electrons. The second-order valence-electron chi connectivity index (χ2n) is 5.18. The molecular formula is C16H26ClN3O. The van der Waals surface area contributed by atoms with Crippen LogP contribution in [-0.4, -0.2) is 30.4 Å². The van der Waals surface area contributed by atoms with Crippen molar-refractivity contribution in [1.29, 1.82) is 0 Å². The number of unbranched alkanes of at least 4 members (excludes halogenated alkanes) is 1. The van der Waals surface area contributed by atoms with E-state index in [4.69, 9.17) is 17.3 Å². The van der Waals surface area contributed by atoms with E-state index in [1.54, 1.807) is 18.2 Å². The quantitative estimate of drug-likeness (QED) is 0.683. The summed E-state index contributed by atoms with van der Waals surface area (Å²) in [5.41, 5.74) is 6.83. The zero-order valence-corrected chi connectivity index (χ0v) is 13.7. The van der Waals surface area contributed by atoms with Crippen molar-refractivity contribution in [3.05, 3.63) is 23.2 Å². The minimum atomic E-state index is -0.00628. The Hall–Kier alpha value is -1.26. The van der Waals surface area contributed by atoms with E-state index >= 15 is 0 Å². The second kappa shape index (κ2) is 9.64. The fourth-order valence-electron chi connectivity index (χ4n) is 2.12. The molecule has 0 bridgehead atoms. The van der Waals surface area contributed by atoms with Crippen LogP contribution in [0.15, 0.2) is 18.2 Å². The summed E-state index contributed by atoms with van der Waals surface area (Å²) >= 11 is 6.03. The third kappa shape index (κ3) is 6.82. The topological polar surface area (TPSA) is 58.4 Å². The lowest BCUT2D eigenvalue weighted by molar-refractivity contribution is -0.116. The van der Waals surface area contributed by atoms with Crippen molar-refractivity contribution in [2.45, 2.75) is 39.5 Å². The van der Waals surface area contributed by atoms with Crippen LogP contribution in [0.5, 0.6) is 0 Å². The van der Waals surface area contributed by atoms with Gasteiger partial charge in [-0.1, -0.05) is 31.9 Å². The Kier molecular flexibility index (Phi) is 8.16. The highest BCUT2D eigenvalue weighted by molar-refractivity contribution is 6.34. The molecule has 0 spiro atoms. The molecule has 1 amide bonds. The lowest BCUT2D eigenvalue weighted by Gasteiger charge is -2.19. The van der Waals surface area contributed by atoms with E-state index < -0.39 is 0 Å². The number of hydrogen-bond acceptors (Lipinski definition) is 3. The van der Waals surface area contributed by atoms with Gasteiger partial charge in [0.15, 0.2) is 0 Å². The van der Waals surface area contributed by atoms with Gasteiger partial charge in [-0.3, -0.25) is 4.79 Å². The second-order valence-corrected chi connectivity index (χ2v) is 5.59. The number of rotatable bonds is 9. The van der Waals surface area contributed by atoms with Crippen LogP contribution in [0, 0.1) is 0 Å². The van der Waals surface area contributed by atoms with E-state index in [2.05, 4.69) is 24.1 Å². The Labute approximate surface area is 132 Å². The Morgan fingerprint density at radius 3 is 2.62 bits per heavy atom. The van der Waals surface area contributed by atoms with E-state index in [1.807, 2.05) is 0 Å². The molecule has 5 heteroatoms. The maximum Gasteiger partial charge on any atom is 0.224 e. The van der Waals surface area contributed by atoms with Crippen LogP contribution in [0.3, 0.4) is 0 Å². The average Bonchev–Trinajstić information content (AvgIpc) is 2.45. The van der Waals surface area contributed by atoms with Gasteiger partial charge in [-0.05, 0) is 50.7 Å². The first-order valence-electron chi connectivity index (χ1n) is 7.64. The Morgan fingerprint density at radius 1 is 1.29 bits per heavy atom. The monoisotopic (exact) mass is 311 g/mol. The Morgan fingerprint density at radius 2 is 2.00 bits per heavy atom. The standard InChI is InChI=1S/C16H26ClN3O/c1-3-5-10-20(4-2)11-6-7-16(21)19-15-9-8-13(18)12-14(15)17/h8-9,12H,3-7,10-11,18H2,1-2H3,(H,19,21). The van der Waals surface area contributed by atoms with Gasteiger partial charge in [-0.2, -0.15) is 0 Å². The molecule has 1 rings (SSSR count). The van der Waals surface area contributed by atoms with Crippen LogP contribution in [-0.2, 0) is 4.79 Å². The van der Waals surface area contributed by atoms with E-state index in [9.17, 15) is 4.79 Å². The molecule has 4 nitrogen and oxygen atoms in total. The summed E-state index contributed by atoms with van der Waals surface area (Å²) in [4.78, 5) is 14.3. The van der Waals surface area contributed by atoms with Gasteiger partial charge in [0, 0.05) is 12.1 Å². The summed E-state index contributed by atoms with van der Waals surface area (Å²) in [6.07, 6.45) is 3.77. The predicted octanol–water partition coefficient (Wildman–Crippen LogP) is 3.76. The first kappa shape index (κ1) is 17.8. The molecule has 3 N–H and O–H groups in total. The number of hydrogen-bond donors (Lipinski definition) is 2. The molecule has 0 aromatic heterocycles. The number of anilines is 2. The zero-order chi connectivity index (χ0) is 15.7. The van der Waals surface area contributed by atoms with Crippen molar-refractivity contribution >= 4 is 28.9 Å². The van der Waals surface area contributed by atoms with Gasteiger partial charge in [-0.15, -0.1) is 0 Å². The van der Waals surface area contributed by atoms with Gasteiger partial charge >= 0.3 is 0 Å². The third-order valence-corrected chi connectivity index (χ3v) is 3.73. The minimum Gasteiger partial charge on any atom is -0.399 e. The summed E-state index contributed by atoms with van der Waals surface area (Å²) in [5.74, 6) is -0.00628. The lowest BCUT2D eigenvalue weighted by Crippen LogP contribution is -2.26. The first-order valence-corrected chi connectivity index (χ1v) is 8.01. The van der Waals surface area contributed by atoms with Gasteiger partial charge in [0.25, 0.3) is 0 Å². The number of halogens is 1. The summed E-state index contributed by atoms with van der Waals surface area (Å²) in [6, 6.07) is 5.10. The number of benzene rings is 1. The third-order valence-electron chi connectivity index (χ3n) is 3.42. The van der Waals surface area contributed by atoms with Crippen molar-refractivity contribution < 1.29 is 4.79 Å². The number of amides is 1. The van der Waals surface area contributed by atoms with Crippen molar-refractivity contribution in [2.75, 3.05) is 30.7 Å². The van der Waals surface area contributed by atoms with E-state index in [0.717, 1.165) is 26.1 Å².